The number of carbonyl (C=O) groups excluding carboxylic acids is 1. The maximum Gasteiger partial charge on any atom is 0.471 e. The zero-order valence-corrected chi connectivity index (χ0v) is 20.1. The first-order chi connectivity index (χ1) is 16.6. The van der Waals surface area contributed by atoms with Gasteiger partial charge in [0.25, 0.3) is 0 Å². The van der Waals surface area contributed by atoms with Gasteiger partial charge in [0.2, 0.25) is 0 Å². The van der Waals surface area contributed by atoms with Crippen molar-refractivity contribution in [3.05, 3.63) is 47.5 Å². The lowest BCUT2D eigenvalue weighted by Crippen LogP contribution is -2.42. The van der Waals surface area contributed by atoms with Crippen LogP contribution in [-0.2, 0) is 17.9 Å². The Morgan fingerprint density at radius 2 is 1.94 bits per heavy atom. The summed E-state index contributed by atoms with van der Waals surface area (Å²) in [7, 11) is 1.41. The quantitative estimate of drug-likeness (QED) is 0.581. The molecule has 2 heterocycles. The molecule has 35 heavy (non-hydrogen) atoms. The van der Waals surface area contributed by atoms with Gasteiger partial charge in [0.05, 0.1) is 37.8 Å². The molecule has 0 unspecified atom stereocenters. The Morgan fingerprint density at radius 3 is 2.51 bits per heavy atom. The number of fused-ring (bicyclic) bond motifs is 1. The van der Waals surface area contributed by atoms with Crippen LogP contribution in [0.15, 0.2) is 30.5 Å². The van der Waals surface area contributed by atoms with Gasteiger partial charge in [-0.05, 0) is 24.1 Å². The van der Waals surface area contributed by atoms with Crippen LogP contribution in [0.2, 0.25) is 0 Å². The van der Waals surface area contributed by atoms with E-state index < -0.39 is 17.9 Å². The summed E-state index contributed by atoms with van der Waals surface area (Å²) >= 11 is 0. The number of carbonyl (C=O) groups is 1. The molecule has 1 fully saturated rings. The first-order valence-corrected chi connectivity index (χ1v) is 11.8. The summed E-state index contributed by atoms with van der Waals surface area (Å²) in [6.45, 7) is 2.22. The number of rotatable bonds is 4. The molecule has 1 saturated carbocycles. The number of alkyl halides is 3. The van der Waals surface area contributed by atoms with Crippen molar-refractivity contribution in [2.24, 2.45) is 5.92 Å². The van der Waals surface area contributed by atoms with Crippen molar-refractivity contribution in [1.82, 2.24) is 9.88 Å². The second-order valence-electron chi connectivity index (χ2n) is 8.86. The molecule has 0 saturated heterocycles. The van der Waals surface area contributed by atoms with Gasteiger partial charge in [-0.25, -0.2) is 4.39 Å². The van der Waals surface area contributed by atoms with Gasteiger partial charge in [-0.2, -0.15) is 13.2 Å². The Labute approximate surface area is 203 Å². The van der Waals surface area contributed by atoms with Gasteiger partial charge in [-0.1, -0.05) is 45.1 Å². The minimum Gasteiger partial charge on any atom is -0.496 e. The van der Waals surface area contributed by atoms with Crippen LogP contribution in [0.4, 0.5) is 28.9 Å². The molecule has 1 amide bonds. The summed E-state index contributed by atoms with van der Waals surface area (Å²) in [6.07, 6.45) is 3.46. The second-order valence-corrected chi connectivity index (χ2v) is 8.86. The standard InChI is InChI=1S/C18H18F4N4O2.C7H14/c1-28-16-4-2-3-15-12(16)10-26(17(27)18(20,21)22)6-5-25(15)9-11-7-14(23)13(19)8-24-11;1-2-7-5-3-4-6-7/h2-4,7-8H,5-6,9-10H2,1H3,(H2,23,24);7H,2-6H2,1H3. The summed E-state index contributed by atoms with van der Waals surface area (Å²) in [5.41, 5.74) is 7.02. The summed E-state index contributed by atoms with van der Waals surface area (Å²) in [4.78, 5) is 18.3. The van der Waals surface area contributed by atoms with E-state index >= 15 is 0 Å². The van der Waals surface area contributed by atoms with Crippen molar-refractivity contribution in [2.75, 3.05) is 30.8 Å². The van der Waals surface area contributed by atoms with Crippen molar-refractivity contribution in [3.8, 4) is 5.75 Å². The monoisotopic (exact) mass is 496 g/mol. The molecule has 1 aromatic heterocycles. The van der Waals surface area contributed by atoms with Crippen molar-refractivity contribution in [1.29, 1.82) is 0 Å². The number of benzene rings is 1. The SMILES string of the molecule is CCC1CCCC1.COc1cccc2c1CN(C(=O)C(F)(F)F)CCN2Cc1cc(N)c(F)cn1. The highest BCUT2D eigenvalue weighted by Crippen LogP contribution is 2.34. The molecule has 0 bridgehead atoms. The van der Waals surface area contributed by atoms with E-state index in [9.17, 15) is 22.4 Å². The first-order valence-electron chi connectivity index (χ1n) is 11.8. The fraction of sp³-hybridized carbons (Fsp3) is 0.520. The Kier molecular flexibility index (Phi) is 8.80. The highest BCUT2D eigenvalue weighted by atomic mass is 19.4. The number of halogens is 4. The van der Waals surface area contributed by atoms with E-state index in [1.165, 1.54) is 45.3 Å². The molecular formula is C25H32F4N4O2. The number of methoxy groups -OCH3 is 1. The number of nitrogen functional groups attached to an aromatic ring is 1. The Balaban J connectivity index is 0.000000420. The van der Waals surface area contributed by atoms with E-state index in [4.69, 9.17) is 10.5 Å². The Morgan fingerprint density at radius 1 is 1.23 bits per heavy atom. The molecule has 2 aliphatic rings. The van der Waals surface area contributed by atoms with Crippen molar-refractivity contribution in [2.45, 2.75) is 58.3 Å². The van der Waals surface area contributed by atoms with E-state index in [1.807, 2.05) is 0 Å². The molecule has 1 aliphatic carbocycles. The van der Waals surface area contributed by atoms with Gasteiger partial charge >= 0.3 is 12.1 Å². The van der Waals surface area contributed by atoms with E-state index in [0.29, 0.717) is 22.7 Å². The number of anilines is 2. The molecule has 192 valence electrons. The third-order valence-electron chi connectivity index (χ3n) is 6.53. The fourth-order valence-electron chi connectivity index (χ4n) is 4.55. The molecule has 10 heteroatoms. The number of pyridine rings is 1. The Bertz CT molecular complexity index is 1010. The highest BCUT2D eigenvalue weighted by Gasteiger charge is 2.43. The number of nitrogens with two attached hydrogens (primary N) is 1. The van der Waals surface area contributed by atoms with Crippen LogP contribution in [0.3, 0.4) is 0 Å². The van der Waals surface area contributed by atoms with E-state index in [-0.39, 0.29) is 31.9 Å². The zero-order valence-electron chi connectivity index (χ0n) is 20.1. The van der Waals surface area contributed by atoms with Crippen molar-refractivity contribution < 1.29 is 27.1 Å². The molecule has 0 radical (unpaired) electrons. The average Bonchev–Trinajstić information content (AvgIpc) is 3.30. The molecule has 4 rings (SSSR count). The van der Waals surface area contributed by atoms with E-state index in [1.54, 1.807) is 23.1 Å². The number of nitrogens with zero attached hydrogens (tertiary/aromatic N) is 3. The fourth-order valence-corrected chi connectivity index (χ4v) is 4.55. The van der Waals surface area contributed by atoms with Crippen LogP contribution < -0.4 is 15.4 Å². The molecule has 0 spiro atoms. The van der Waals surface area contributed by atoms with Crippen LogP contribution in [0.1, 0.15) is 50.3 Å². The highest BCUT2D eigenvalue weighted by molar-refractivity contribution is 5.82. The predicted octanol–water partition coefficient (Wildman–Crippen LogP) is 5.31. The molecule has 2 N–H and O–H groups in total. The van der Waals surface area contributed by atoms with Gasteiger partial charge < -0.3 is 20.3 Å². The minimum atomic E-state index is -4.97. The predicted molar refractivity (Wildman–Crippen MR) is 126 cm³/mol. The van der Waals surface area contributed by atoms with E-state index in [2.05, 4.69) is 11.9 Å². The van der Waals surface area contributed by atoms with Gasteiger partial charge in [0.1, 0.15) is 5.75 Å². The third-order valence-corrected chi connectivity index (χ3v) is 6.53. The summed E-state index contributed by atoms with van der Waals surface area (Å²) in [5.74, 6) is -1.09. The van der Waals surface area contributed by atoms with Crippen LogP contribution in [0.25, 0.3) is 0 Å². The third kappa shape index (κ3) is 6.76. The van der Waals surface area contributed by atoms with Crippen LogP contribution >= 0.6 is 0 Å². The molecular weight excluding hydrogens is 464 g/mol. The van der Waals surface area contributed by atoms with Crippen molar-refractivity contribution in [3.63, 3.8) is 0 Å². The van der Waals surface area contributed by atoms with Crippen LogP contribution in [-0.4, -0.2) is 42.2 Å². The van der Waals surface area contributed by atoms with Gasteiger partial charge in [-0.3, -0.25) is 9.78 Å². The second kappa shape index (κ2) is 11.6. The number of amides is 1. The molecule has 6 nitrogen and oxygen atoms in total. The largest absolute Gasteiger partial charge is 0.496 e. The minimum absolute atomic E-state index is 0.0698. The normalized spacial score (nSPS) is 16.3. The lowest BCUT2D eigenvalue weighted by Gasteiger charge is -2.25. The van der Waals surface area contributed by atoms with Gasteiger partial charge in [-0.15, -0.1) is 0 Å². The van der Waals surface area contributed by atoms with Gasteiger partial charge in [0.15, 0.2) is 5.82 Å². The lowest BCUT2D eigenvalue weighted by molar-refractivity contribution is -0.185. The maximum atomic E-state index is 13.4. The van der Waals surface area contributed by atoms with Crippen LogP contribution in [0.5, 0.6) is 5.75 Å². The van der Waals surface area contributed by atoms with E-state index in [0.717, 1.165) is 17.0 Å². The topological polar surface area (TPSA) is 71.7 Å². The van der Waals surface area contributed by atoms with Gasteiger partial charge in [0, 0.05) is 24.3 Å². The molecule has 1 aliphatic heterocycles. The Hall–Kier alpha value is -3.04. The van der Waals surface area contributed by atoms with Crippen molar-refractivity contribution >= 4 is 17.3 Å². The number of aromatic nitrogens is 1. The smallest absolute Gasteiger partial charge is 0.471 e. The maximum absolute atomic E-state index is 13.4. The summed E-state index contributed by atoms with van der Waals surface area (Å²) in [5, 5.41) is 0. The summed E-state index contributed by atoms with van der Waals surface area (Å²) in [6, 6.07) is 6.43. The zero-order chi connectivity index (χ0) is 25.6. The first kappa shape index (κ1) is 26.6. The molecule has 0 atom stereocenters. The molecule has 1 aromatic carbocycles. The number of hydrogen-bond acceptors (Lipinski definition) is 5. The number of ether oxygens (including phenoxy) is 1. The lowest BCUT2D eigenvalue weighted by atomic mass is 10.1. The number of hydrogen-bond donors (Lipinski definition) is 1. The molecule has 2 aromatic rings. The summed E-state index contributed by atoms with van der Waals surface area (Å²) < 4.78 is 57.5. The average molecular weight is 497 g/mol. The van der Waals surface area contributed by atoms with Crippen LogP contribution in [0, 0.1) is 11.7 Å².